The largest absolute Gasteiger partial charge is 0.391 e. The lowest BCUT2D eigenvalue weighted by Crippen LogP contribution is -2.35. The number of carbonyl (C=O) groups is 1. The lowest BCUT2D eigenvalue weighted by Gasteiger charge is -2.22. The fraction of sp³-hybridized carbons (Fsp3) is 0.889. The van der Waals surface area contributed by atoms with E-state index in [4.69, 9.17) is 0 Å². The topological polar surface area (TPSA) is 40.5 Å². The van der Waals surface area contributed by atoms with Crippen LogP contribution in [0.15, 0.2) is 0 Å². The van der Waals surface area contributed by atoms with Gasteiger partial charge in [0.05, 0.1) is 6.10 Å². The van der Waals surface area contributed by atoms with Gasteiger partial charge in [-0.2, -0.15) is 0 Å². The summed E-state index contributed by atoms with van der Waals surface area (Å²) in [7, 11) is 0. The van der Waals surface area contributed by atoms with E-state index in [2.05, 4.69) is 0 Å². The van der Waals surface area contributed by atoms with Crippen LogP contribution >= 0.6 is 0 Å². The Kier molecular flexibility index (Phi) is 3.09. The monoisotopic (exact) mass is 171 g/mol. The van der Waals surface area contributed by atoms with Gasteiger partial charge in [0.2, 0.25) is 5.91 Å². The van der Waals surface area contributed by atoms with Crippen molar-refractivity contribution in [1.82, 2.24) is 4.90 Å². The Bertz CT molecular complexity index is 168. The van der Waals surface area contributed by atoms with E-state index in [0.29, 0.717) is 13.0 Å². The molecule has 1 rings (SSSR count). The molecule has 1 N–H and O–H groups in total. The Morgan fingerprint density at radius 2 is 2.25 bits per heavy atom. The molecule has 1 aliphatic rings. The molecule has 1 aliphatic heterocycles. The smallest absolute Gasteiger partial charge is 0.222 e. The van der Waals surface area contributed by atoms with Crippen molar-refractivity contribution in [3.8, 4) is 0 Å². The van der Waals surface area contributed by atoms with Gasteiger partial charge in [-0.25, -0.2) is 0 Å². The lowest BCUT2D eigenvalue weighted by molar-refractivity contribution is -0.129. The van der Waals surface area contributed by atoms with Gasteiger partial charge in [0.25, 0.3) is 0 Å². The summed E-state index contributed by atoms with van der Waals surface area (Å²) in [5.74, 6) is 0.424. The number of aliphatic hydroxyl groups is 1. The second-order valence-electron chi connectivity index (χ2n) is 3.75. The summed E-state index contributed by atoms with van der Waals surface area (Å²) in [6.07, 6.45) is 1.24. The number of amides is 1. The molecule has 0 aromatic carbocycles. The van der Waals surface area contributed by atoms with Crippen LogP contribution in [0, 0.1) is 5.92 Å². The molecule has 1 saturated heterocycles. The lowest BCUT2D eigenvalue weighted by atomic mass is 10.1. The first kappa shape index (κ1) is 9.52. The molecule has 1 heterocycles. The predicted molar refractivity (Wildman–Crippen MR) is 46.7 cm³/mol. The van der Waals surface area contributed by atoms with Gasteiger partial charge >= 0.3 is 0 Å². The number of aliphatic hydroxyl groups excluding tert-OH is 1. The minimum atomic E-state index is -0.368. The van der Waals surface area contributed by atoms with Gasteiger partial charge in [0.1, 0.15) is 0 Å². The normalized spacial score (nSPS) is 20.7. The van der Waals surface area contributed by atoms with Crippen molar-refractivity contribution in [1.29, 1.82) is 0 Å². The Balaban J connectivity index is 2.35. The van der Waals surface area contributed by atoms with Gasteiger partial charge in [-0.05, 0) is 12.3 Å². The molecule has 0 aromatic heterocycles. The number of rotatable bonds is 3. The number of likely N-dealkylation sites (tertiary alicyclic amines) is 1. The van der Waals surface area contributed by atoms with Crippen molar-refractivity contribution < 1.29 is 9.90 Å². The molecule has 0 radical (unpaired) electrons. The molecular formula is C9H17NO2. The maximum Gasteiger partial charge on any atom is 0.222 e. The first-order valence-corrected chi connectivity index (χ1v) is 4.57. The van der Waals surface area contributed by atoms with Crippen LogP contribution in [-0.4, -0.2) is 35.1 Å². The van der Waals surface area contributed by atoms with Crippen LogP contribution < -0.4 is 0 Å². The molecular weight excluding hydrogens is 154 g/mol. The summed E-state index contributed by atoms with van der Waals surface area (Å²) in [5.41, 5.74) is 0. The quantitative estimate of drug-likeness (QED) is 0.676. The molecule has 3 heteroatoms. The molecule has 1 unspecified atom stereocenters. The van der Waals surface area contributed by atoms with E-state index < -0.39 is 0 Å². The maximum atomic E-state index is 11.1. The third-order valence-electron chi connectivity index (χ3n) is 2.35. The highest BCUT2D eigenvalue weighted by atomic mass is 16.3. The van der Waals surface area contributed by atoms with Gasteiger partial charge in [-0.3, -0.25) is 4.79 Å². The summed E-state index contributed by atoms with van der Waals surface area (Å²) in [6, 6.07) is 0. The zero-order chi connectivity index (χ0) is 9.14. The van der Waals surface area contributed by atoms with Crippen molar-refractivity contribution in [2.45, 2.75) is 32.8 Å². The number of nitrogens with zero attached hydrogens (tertiary/aromatic N) is 1. The van der Waals surface area contributed by atoms with Crippen LogP contribution in [0.5, 0.6) is 0 Å². The maximum absolute atomic E-state index is 11.1. The van der Waals surface area contributed by atoms with Gasteiger partial charge in [-0.1, -0.05) is 13.8 Å². The number of carbonyl (C=O) groups excluding carboxylic acids is 1. The molecule has 12 heavy (non-hydrogen) atoms. The van der Waals surface area contributed by atoms with Crippen molar-refractivity contribution in [2.24, 2.45) is 5.92 Å². The molecule has 0 aromatic rings. The average Bonchev–Trinajstić information content (AvgIpc) is 2.36. The third kappa shape index (κ3) is 2.21. The molecule has 0 aliphatic carbocycles. The fourth-order valence-electron chi connectivity index (χ4n) is 1.33. The van der Waals surface area contributed by atoms with Crippen molar-refractivity contribution in [3.63, 3.8) is 0 Å². The number of hydrogen-bond acceptors (Lipinski definition) is 2. The first-order valence-electron chi connectivity index (χ1n) is 4.57. The van der Waals surface area contributed by atoms with E-state index in [9.17, 15) is 9.90 Å². The second-order valence-corrected chi connectivity index (χ2v) is 3.75. The zero-order valence-corrected chi connectivity index (χ0v) is 7.79. The molecule has 1 atom stereocenters. The molecule has 70 valence electrons. The minimum absolute atomic E-state index is 0.190. The predicted octanol–water partition coefficient (Wildman–Crippen LogP) is 0.626. The first-order chi connectivity index (χ1) is 5.61. The summed E-state index contributed by atoms with van der Waals surface area (Å²) in [5, 5.41) is 9.51. The Morgan fingerprint density at radius 1 is 1.58 bits per heavy atom. The van der Waals surface area contributed by atoms with Crippen molar-refractivity contribution >= 4 is 5.91 Å². The van der Waals surface area contributed by atoms with Gasteiger partial charge in [-0.15, -0.1) is 0 Å². The second kappa shape index (κ2) is 3.90. The molecule has 0 spiro atoms. The summed E-state index contributed by atoms with van der Waals surface area (Å²) in [4.78, 5) is 12.9. The van der Waals surface area contributed by atoms with Crippen molar-refractivity contribution in [3.05, 3.63) is 0 Å². The number of β-amino-alcohol motifs (C(OH)–C–C–N with tert-alkyl or cyclic N) is 1. The highest BCUT2D eigenvalue weighted by Crippen LogP contribution is 2.12. The summed E-state index contributed by atoms with van der Waals surface area (Å²) < 4.78 is 0. The van der Waals surface area contributed by atoms with Crippen LogP contribution in [0.25, 0.3) is 0 Å². The molecule has 0 saturated carbocycles. The SMILES string of the molecule is CC(C)C(O)CN1CCCC1=O. The third-order valence-corrected chi connectivity index (χ3v) is 2.35. The zero-order valence-electron chi connectivity index (χ0n) is 7.79. The van der Waals surface area contributed by atoms with Gasteiger partial charge in [0.15, 0.2) is 0 Å². The molecule has 0 bridgehead atoms. The van der Waals surface area contributed by atoms with Crippen LogP contribution in [-0.2, 0) is 4.79 Å². The van der Waals surface area contributed by atoms with E-state index in [1.165, 1.54) is 0 Å². The van der Waals surface area contributed by atoms with Crippen LogP contribution in [0.4, 0.5) is 0 Å². The Morgan fingerprint density at radius 3 is 2.67 bits per heavy atom. The van der Waals surface area contributed by atoms with E-state index >= 15 is 0 Å². The Labute approximate surface area is 73.4 Å². The summed E-state index contributed by atoms with van der Waals surface area (Å²) in [6.45, 7) is 5.26. The van der Waals surface area contributed by atoms with Gasteiger partial charge in [0, 0.05) is 19.5 Å². The molecule has 1 fully saturated rings. The minimum Gasteiger partial charge on any atom is -0.391 e. The average molecular weight is 171 g/mol. The molecule has 3 nitrogen and oxygen atoms in total. The highest BCUT2D eigenvalue weighted by molar-refractivity contribution is 5.78. The summed E-state index contributed by atoms with van der Waals surface area (Å²) >= 11 is 0. The van der Waals surface area contributed by atoms with E-state index in [0.717, 1.165) is 13.0 Å². The standard InChI is InChI=1S/C9H17NO2/c1-7(2)8(11)6-10-5-3-4-9(10)12/h7-8,11H,3-6H2,1-2H3. The number of hydrogen-bond donors (Lipinski definition) is 1. The van der Waals surface area contributed by atoms with Crippen molar-refractivity contribution in [2.75, 3.05) is 13.1 Å². The van der Waals surface area contributed by atoms with E-state index in [1.807, 2.05) is 13.8 Å². The van der Waals surface area contributed by atoms with E-state index in [1.54, 1.807) is 4.90 Å². The fourth-order valence-corrected chi connectivity index (χ4v) is 1.33. The van der Waals surface area contributed by atoms with Crippen LogP contribution in [0.2, 0.25) is 0 Å². The highest BCUT2D eigenvalue weighted by Gasteiger charge is 2.23. The van der Waals surface area contributed by atoms with Gasteiger partial charge < -0.3 is 10.0 Å². The molecule has 1 amide bonds. The van der Waals surface area contributed by atoms with Crippen LogP contribution in [0.3, 0.4) is 0 Å². The van der Waals surface area contributed by atoms with Crippen LogP contribution in [0.1, 0.15) is 26.7 Å². The van der Waals surface area contributed by atoms with E-state index in [-0.39, 0.29) is 17.9 Å². The Hall–Kier alpha value is -0.570.